The van der Waals surface area contributed by atoms with Gasteiger partial charge in [0.25, 0.3) is 0 Å². The Balaban J connectivity index is 2.70. The average Bonchev–Trinajstić information content (AvgIpc) is 2.85. The summed E-state index contributed by atoms with van der Waals surface area (Å²) in [6, 6.07) is 8.04. The first kappa shape index (κ1) is 31.7. The Kier molecular flexibility index (Phi) is 14.8. The second kappa shape index (κ2) is 17.2. The van der Waals surface area contributed by atoms with Crippen LogP contribution in [-0.4, -0.2) is 80.3 Å². The summed E-state index contributed by atoms with van der Waals surface area (Å²) in [6.07, 6.45) is 2.31. The Bertz CT molecular complexity index is 930. The van der Waals surface area contributed by atoms with Gasteiger partial charge in [0.15, 0.2) is 0 Å². The first-order chi connectivity index (χ1) is 17.6. The molecule has 0 unspecified atom stereocenters. The van der Waals surface area contributed by atoms with E-state index in [4.69, 9.17) is 21.3 Å². The first-order valence-corrected chi connectivity index (χ1v) is 12.9. The molecule has 0 aromatic heterocycles. The molecule has 9 nitrogen and oxygen atoms in total. The highest BCUT2D eigenvalue weighted by molar-refractivity contribution is 5.76. The summed E-state index contributed by atoms with van der Waals surface area (Å²) in [5.41, 5.74) is 1.47. The van der Waals surface area contributed by atoms with Crippen molar-refractivity contribution < 1.29 is 19.1 Å². The van der Waals surface area contributed by atoms with Crippen molar-refractivity contribution in [2.24, 2.45) is 0 Å². The molecule has 1 rings (SSSR count). The average molecular weight is 514 g/mol. The van der Waals surface area contributed by atoms with Gasteiger partial charge in [-0.05, 0) is 70.7 Å². The van der Waals surface area contributed by atoms with Crippen molar-refractivity contribution in [3.63, 3.8) is 0 Å². The van der Waals surface area contributed by atoms with Gasteiger partial charge in [0.2, 0.25) is 12.5 Å². The van der Waals surface area contributed by atoms with Crippen LogP contribution in [0.3, 0.4) is 0 Å². The Hall–Kier alpha value is -3.30. The van der Waals surface area contributed by atoms with Crippen molar-refractivity contribution in [3.05, 3.63) is 40.7 Å². The number of aryl methyl sites for hydroxylation is 2. The number of nitrogens with zero attached hydrogens (tertiary/aromatic N) is 4. The predicted molar refractivity (Wildman–Crippen MR) is 144 cm³/mol. The molecule has 37 heavy (non-hydrogen) atoms. The SMILES string of the molecule is [C-]#[N+]CCN(CCCN(CCCNCCC#N)C(=O)OC(C)(C)C)C(=O)CCc1ccc(C)c(OC)c1. The fourth-order valence-electron chi connectivity index (χ4n) is 3.70. The molecule has 1 aromatic rings. The highest BCUT2D eigenvalue weighted by Crippen LogP contribution is 2.20. The molecule has 0 saturated heterocycles. The minimum Gasteiger partial charge on any atom is -0.496 e. The first-order valence-electron chi connectivity index (χ1n) is 12.9. The Morgan fingerprint density at radius 2 is 1.81 bits per heavy atom. The molecule has 0 saturated carbocycles. The normalized spacial score (nSPS) is 10.8. The van der Waals surface area contributed by atoms with Crippen molar-refractivity contribution in [2.75, 3.05) is 52.9 Å². The van der Waals surface area contributed by atoms with Crippen molar-refractivity contribution in [1.29, 1.82) is 5.26 Å². The quantitative estimate of drug-likeness (QED) is 0.263. The van der Waals surface area contributed by atoms with Crippen molar-refractivity contribution in [1.82, 2.24) is 15.1 Å². The van der Waals surface area contributed by atoms with E-state index in [-0.39, 0.29) is 18.5 Å². The van der Waals surface area contributed by atoms with E-state index in [1.807, 2.05) is 45.9 Å². The maximum atomic E-state index is 13.0. The van der Waals surface area contributed by atoms with E-state index in [1.165, 1.54) is 0 Å². The molecule has 0 aliphatic heterocycles. The van der Waals surface area contributed by atoms with Gasteiger partial charge in [0.05, 0.1) is 19.7 Å². The van der Waals surface area contributed by atoms with Gasteiger partial charge in [0, 0.05) is 39.0 Å². The fraction of sp³-hybridized carbons (Fsp3) is 0.643. The third kappa shape index (κ3) is 13.5. The topological polar surface area (TPSA) is 99.3 Å². The van der Waals surface area contributed by atoms with E-state index in [2.05, 4.69) is 16.2 Å². The number of nitrogens with one attached hydrogen (secondary N) is 1. The summed E-state index contributed by atoms with van der Waals surface area (Å²) in [6.45, 7) is 18.0. The van der Waals surface area contributed by atoms with Crippen molar-refractivity contribution in [2.45, 2.75) is 65.4 Å². The second-order valence-corrected chi connectivity index (χ2v) is 9.90. The molecule has 0 fully saturated rings. The predicted octanol–water partition coefficient (Wildman–Crippen LogP) is 4.20. The Morgan fingerprint density at radius 1 is 1.11 bits per heavy atom. The number of nitriles is 1. The van der Waals surface area contributed by atoms with E-state index in [0.29, 0.717) is 65.0 Å². The fourth-order valence-corrected chi connectivity index (χ4v) is 3.70. The van der Waals surface area contributed by atoms with E-state index >= 15 is 0 Å². The zero-order valence-electron chi connectivity index (χ0n) is 23.1. The number of carbonyl (C=O) groups is 2. The molecule has 0 atom stereocenters. The summed E-state index contributed by atoms with van der Waals surface area (Å²) in [5, 5.41) is 11.8. The summed E-state index contributed by atoms with van der Waals surface area (Å²) in [7, 11) is 1.63. The highest BCUT2D eigenvalue weighted by atomic mass is 16.6. The van der Waals surface area contributed by atoms with Gasteiger partial charge in [-0.25, -0.2) is 11.4 Å². The molecule has 1 aromatic carbocycles. The number of carbonyl (C=O) groups excluding carboxylic acids is 2. The van der Waals surface area contributed by atoms with Crippen LogP contribution in [0.15, 0.2) is 18.2 Å². The molecule has 9 heteroatoms. The molecule has 0 radical (unpaired) electrons. The van der Waals surface area contributed by atoms with E-state index in [0.717, 1.165) is 23.3 Å². The van der Waals surface area contributed by atoms with Gasteiger partial charge >= 0.3 is 6.09 Å². The molecule has 0 bridgehead atoms. The number of rotatable bonds is 16. The number of ether oxygens (including phenoxy) is 2. The van der Waals surface area contributed by atoms with Crippen LogP contribution in [0.2, 0.25) is 0 Å². The molecule has 1 N–H and O–H groups in total. The maximum Gasteiger partial charge on any atom is 0.410 e. The molecule has 204 valence electrons. The van der Waals surface area contributed by atoms with E-state index in [9.17, 15) is 9.59 Å². The molecule has 2 amide bonds. The van der Waals surface area contributed by atoms with Crippen molar-refractivity contribution in [3.8, 4) is 11.8 Å². The van der Waals surface area contributed by atoms with Gasteiger partial charge in [-0.2, -0.15) is 5.26 Å². The van der Waals surface area contributed by atoms with Crippen molar-refractivity contribution >= 4 is 12.0 Å². The smallest absolute Gasteiger partial charge is 0.410 e. The highest BCUT2D eigenvalue weighted by Gasteiger charge is 2.22. The van der Waals surface area contributed by atoms with Gasteiger partial charge in [0.1, 0.15) is 11.4 Å². The summed E-state index contributed by atoms with van der Waals surface area (Å²) in [4.78, 5) is 32.6. The van der Waals surface area contributed by atoms with E-state index < -0.39 is 5.60 Å². The van der Waals surface area contributed by atoms with E-state index in [1.54, 1.807) is 16.9 Å². The lowest BCUT2D eigenvalue weighted by Gasteiger charge is -2.28. The summed E-state index contributed by atoms with van der Waals surface area (Å²) >= 11 is 0. The lowest BCUT2D eigenvalue weighted by atomic mass is 10.1. The van der Waals surface area contributed by atoms with Crippen LogP contribution in [0.1, 0.15) is 57.6 Å². The van der Waals surface area contributed by atoms with Gasteiger partial charge < -0.3 is 29.4 Å². The molecular weight excluding hydrogens is 470 g/mol. The standard InChI is InChI=1S/C28H43N5O4/c1-23-10-11-24(22-25(23)36-6)12-13-26(34)32(21-17-30-5)19-9-20-33(27(35)37-28(2,3)4)18-8-16-31-15-7-14-29/h10-11,22,31H,7-9,12-13,15-21H2,1-4,6H3. The summed E-state index contributed by atoms with van der Waals surface area (Å²) in [5.74, 6) is 0.797. The Labute approximate surface area is 222 Å². The number of hydrogen-bond donors (Lipinski definition) is 1. The number of amides is 2. The van der Waals surface area contributed by atoms with Gasteiger partial charge in [-0.15, -0.1) is 0 Å². The minimum atomic E-state index is -0.601. The molecular formula is C28H43N5O4. The number of benzene rings is 1. The van der Waals surface area contributed by atoms with Crippen LogP contribution in [0.4, 0.5) is 4.79 Å². The van der Waals surface area contributed by atoms with Crippen LogP contribution in [0.5, 0.6) is 5.75 Å². The van der Waals surface area contributed by atoms with Crippen LogP contribution < -0.4 is 10.1 Å². The lowest BCUT2D eigenvalue weighted by Crippen LogP contribution is -2.41. The molecule has 0 spiro atoms. The number of methoxy groups -OCH3 is 1. The maximum absolute atomic E-state index is 13.0. The summed E-state index contributed by atoms with van der Waals surface area (Å²) < 4.78 is 11.0. The van der Waals surface area contributed by atoms with Crippen LogP contribution in [-0.2, 0) is 16.0 Å². The zero-order valence-corrected chi connectivity index (χ0v) is 23.1. The molecule has 0 aliphatic carbocycles. The van der Waals surface area contributed by atoms with Gasteiger partial charge in [-0.3, -0.25) is 4.79 Å². The second-order valence-electron chi connectivity index (χ2n) is 9.90. The largest absolute Gasteiger partial charge is 0.496 e. The van der Waals surface area contributed by atoms with Crippen LogP contribution >= 0.6 is 0 Å². The number of hydrogen-bond acceptors (Lipinski definition) is 6. The monoisotopic (exact) mass is 513 g/mol. The zero-order chi connectivity index (χ0) is 27.7. The minimum absolute atomic E-state index is 0.00583. The van der Waals surface area contributed by atoms with Gasteiger partial charge in [-0.1, -0.05) is 12.1 Å². The lowest BCUT2D eigenvalue weighted by molar-refractivity contribution is -0.131. The third-order valence-corrected chi connectivity index (χ3v) is 5.64. The van der Waals surface area contributed by atoms with Crippen LogP contribution in [0.25, 0.3) is 4.85 Å². The molecule has 0 heterocycles. The molecule has 0 aliphatic rings. The third-order valence-electron chi connectivity index (χ3n) is 5.64. The van der Waals surface area contributed by atoms with Crippen LogP contribution in [0, 0.1) is 24.8 Å². The Morgan fingerprint density at radius 3 is 2.46 bits per heavy atom.